The number of benzene rings is 4. The Morgan fingerprint density at radius 1 is 0.364 bits per heavy atom. The topological polar surface area (TPSA) is 229 Å². The van der Waals surface area contributed by atoms with Crippen LogP contribution in [-0.4, -0.2) is 64.2 Å². The minimum absolute atomic E-state index is 0.113. The van der Waals surface area contributed by atoms with Gasteiger partial charge in [0.2, 0.25) is 0 Å². The SMILES string of the molecule is O=S(=O)([O-])c1ccccc1P(CCP(c1ccccc1S(=O)(=O)[O-])c1ccccc1S(=O)(=O)[O-])c1ccccc1S(=O)(=O)[O-]. The Balaban J connectivity index is 2.01. The van der Waals surface area contributed by atoms with Crippen molar-refractivity contribution in [2.45, 2.75) is 19.6 Å². The summed E-state index contributed by atoms with van der Waals surface area (Å²) in [5.74, 6) is 0. The highest BCUT2D eigenvalue weighted by Crippen LogP contribution is 2.45. The molecule has 0 saturated carbocycles. The maximum Gasteiger partial charge on any atom is 0.125 e. The van der Waals surface area contributed by atoms with Crippen LogP contribution >= 0.6 is 15.8 Å². The van der Waals surface area contributed by atoms with E-state index >= 15 is 0 Å². The highest BCUT2D eigenvalue weighted by molar-refractivity contribution is 7.89. The van der Waals surface area contributed by atoms with Gasteiger partial charge in [-0.15, -0.1) is 0 Å². The quantitative estimate of drug-likeness (QED) is 0.156. The fourth-order valence-corrected chi connectivity index (χ4v) is 15.0. The Hall–Kier alpha value is -2.62. The Morgan fingerprint density at radius 3 is 0.727 bits per heavy atom. The summed E-state index contributed by atoms with van der Waals surface area (Å²) in [5, 5.41) is -0.452. The van der Waals surface area contributed by atoms with Crippen molar-refractivity contribution < 1.29 is 51.9 Å². The molecular weight excluding hydrogens is 694 g/mol. The molecule has 0 heterocycles. The minimum Gasteiger partial charge on any atom is -0.744 e. The highest BCUT2D eigenvalue weighted by Gasteiger charge is 2.29. The van der Waals surface area contributed by atoms with Crippen LogP contribution in [0.15, 0.2) is 117 Å². The van der Waals surface area contributed by atoms with Crippen molar-refractivity contribution >= 4 is 77.5 Å². The lowest BCUT2D eigenvalue weighted by atomic mass is 10.4. The Labute approximate surface area is 257 Å². The zero-order chi connectivity index (χ0) is 32.5. The third-order valence-corrected chi connectivity index (χ3v) is 16.0. The van der Waals surface area contributed by atoms with Gasteiger partial charge in [0.25, 0.3) is 0 Å². The first-order valence-corrected chi connectivity index (χ1v) is 20.8. The summed E-state index contributed by atoms with van der Waals surface area (Å²) in [5.41, 5.74) is 0. The van der Waals surface area contributed by atoms with Gasteiger partial charge in [0.15, 0.2) is 0 Å². The number of hydrogen-bond donors (Lipinski definition) is 0. The summed E-state index contributed by atoms with van der Waals surface area (Å²) >= 11 is 0. The van der Waals surface area contributed by atoms with Gasteiger partial charge in [-0.25, -0.2) is 33.7 Å². The largest absolute Gasteiger partial charge is 0.744 e. The second-order valence-corrected chi connectivity index (χ2v) is 18.9. The van der Waals surface area contributed by atoms with E-state index in [2.05, 4.69) is 0 Å². The molecule has 0 aromatic heterocycles. The molecule has 4 aromatic rings. The first-order valence-electron chi connectivity index (χ1n) is 12.2. The van der Waals surface area contributed by atoms with Crippen LogP contribution in [-0.2, 0) is 40.5 Å². The predicted octanol–water partition coefficient (Wildman–Crippen LogP) is 0.869. The molecule has 0 N–H and O–H groups in total. The van der Waals surface area contributed by atoms with Crippen molar-refractivity contribution in [2.75, 3.05) is 12.3 Å². The van der Waals surface area contributed by atoms with Gasteiger partial charge in [0, 0.05) is 0 Å². The van der Waals surface area contributed by atoms with Crippen LogP contribution in [0.25, 0.3) is 0 Å². The molecule has 0 bridgehead atoms. The monoisotopic (exact) mass is 714 g/mol. The van der Waals surface area contributed by atoms with Gasteiger partial charge in [-0.2, -0.15) is 0 Å². The van der Waals surface area contributed by atoms with Crippen molar-refractivity contribution in [1.29, 1.82) is 0 Å². The molecule has 0 unspecified atom stereocenters. The maximum atomic E-state index is 12.2. The van der Waals surface area contributed by atoms with E-state index < -0.39 is 75.9 Å². The fourth-order valence-electron chi connectivity index (χ4n) is 4.51. The summed E-state index contributed by atoms with van der Waals surface area (Å²) in [7, 11) is -24.9. The van der Waals surface area contributed by atoms with Crippen LogP contribution in [0.3, 0.4) is 0 Å². The molecular formula is C26H20O12P2S4-4. The van der Waals surface area contributed by atoms with E-state index in [4.69, 9.17) is 0 Å². The molecule has 4 aromatic carbocycles. The van der Waals surface area contributed by atoms with E-state index in [0.717, 1.165) is 24.3 Å². The Bertz CT molecular complexity index is 1850. The van der Waals surface area contributed by atoms with Crippen molar-refractivity contribution in [2.24, 2.45) is 0 Å². The van der Waals surface area contributed by atoms with E-state index in [1.165, 1.54) is 72.8 Å². The van der Waals surface area contributed by atoms with Gasteiger partial charge < -0.3 is 18.2 Å². The molecule has 0 aliphatic carbocycles. The van der Waals surface area contributed by atoms with Gasteiger partial charge in [0.1, 0.15) is 40.5 Å². The lowest BCUT2D eigenvalue weighted by Crippen LogP contribution is -2.28. The molecule has 0 spiro atoms. The average Bonchev–Trinajstić information content (AvgIpc) is 2.94. The van der Waals surface area contributed by atoms with Crippen molar-refractivity contribution in [3.05, 3.63) is 97.1 Å². The standard InChI is InChI=1S/C26H24O12P2S4/c27-41(28,29)23-13-5-1-9-19(23)39(20-10-2-6-14-24(20)42(30,31)32)17-18-40(21-11-3-7-15-25(21)43(33,34)35)22-12-4-8-16-26(22)44(36,37)38/h1-16H,17-18H2,(H,27,28,29)(H,30,31,32)(H,33,34,35)(H,36,37,38)/p-4. The second kappa shape index (κ2) is 13.0. The molecule has 18 heteroatoms. The van der Waals surface area contributed by atoms with E-state index in [0.29, 0.717) is 0 Å². The number of rotatable bonds is 11. The molecule has 0 radical (unpaired) electrons. The van der Waals surface area contributed by atoms with E-state index in [1.54, 1.807) is 0 Å². The second-order valence-electron chi connectivity index (χ2n) is 8.99. The van der Waals surface area contributed by atoms with Crippen LogP contribution in [0.5, 0.6) is 0 Å². The molecule has 0 saturated heterocycles. The first kappa shape index (κ1) is 34.3. The molecule has 234 valence electrons. The van der Waals surface area contributed by atoms with E-state index in [9.17, 15) is 51.9 Å². The fraction of sp³-hybridized carbons (Fsp3) is 0.0769. The van der Waals surface area contributed by atoms with Gasteiger partial charge >= 0.3 is 0 Å². The molecule has 12 nitrogen and oxygen atoms in total. The molecule has 0 atom stereocenters. The van der Waals surface area contributed by atoms with Gasteiger partial charge in [-0.05, 0) is 73.7 Å². The van der Waals surface area contributed by atoms with Crippen LogP contribution in [0.1, 0.15) is 0 Å². The molecule has 0 fully saturated rings. The summed E-state index contributed by atoms with van der Waals surface area (Å²) in [6.45, 7) is 0. The predicted molar refractivity (Wildman–Crippen MR) is 160 cm³/mol. The molecule has 44 heavy (non-hydrogen) atoms. The minimum atomic E-state index is -5.13. The highest BCUT2D eigenvalue weighted by atomic mass is 32.2. The molecule has 0 aliphatic rings. The third-order valence-electron chi connectivity index (χ3n) is 6.25. The average molecular weight is 715 g/mol. The summed E-state index contributed by atoms with van der Waals surface area (Å²) < 4.78 is 147. The lowest BCUT2D eigenvalue weighted by molar-refractivity contribution is 0.461. The van der Waals surface area contributed by atoms with Crippen LogP contribution < -0.4 is 21.2 Å². The summed E-state index contributed by atoms with van der Waals surface area (Å²) in [6, 6.07) is 19.9. The number of hydrogen-bond acceptors (Lipinski definition) is 12. The van der Waals surface area contributed by atoms with Gasteiger partial charge in [-0.3, -0.25) is 0 Å². The van der Waals surface area contributed by atoms with Crippen molar-refractivity contribution in [3.8, 4) is 0 Å². The van der Waals surface area contributed by atoms with Gasteiger partial charge in [0.05, 0.1) is 19.6 Å². The van der Waals surface area contributed by atoms with Gasteiger partial charge in [-0.1, -0.05) is 72.8 Å². The van der Waals surface area contributed by atoms with E-state index in [-0.39, 0.29) is 33.5 Å². The normalized spacial score (nSPS) is 13.0. The first-order chi connectivity index (χ1) is 20.4. The molecule has 0 aliphatic heterocycles. The smallest absolute Gasteiger partial charge is 0.125 e. The van der Waals surface area contributed by atoms with Crippen LogP contribution in [0.2, 0.25) is 0 Å². The summed E-state index contributed by atoms with van der Waals surface area (Å²) in [4.78, 5) is -2.73. The third kappa shape index (κ3) is 7.77. The Morgan fingerprint density at radius 2 is 0.545 bits per heavy atom. The van der Waals surface area contributed by atoms with Crippen molar-refractivity contribution in [3.63, 3.8) is 0 Å². The molecule has 0 amide bonds. The molecule has 4 rings (SSSR count). The zero-order valence-corrected chi connectivity index (χ0v) is 27.1. The van der Waals surface area contributed by atoms with E-state index in [1.807, 2.05) is 0 Å². The lowest BCUT2D eigenvalue weighted by Gasteiger charge is -2.29. The maximum absolute atomic E-state index is 12.2. The van der Waals surface area contributed by atoms with Crippen molar-refractivity contribution in [1.82, 2.24) is 0 Å². The van der Waals surface area contributed by atoms with Crippen LogP contribution in [0, 0.1) is 0 Å². The Kier molecular flexibility index (Phi) is 10.1. The van der Waals surface area contributed by atoms with Crippen LogP contribution in [0.4, 0.5) is 0 Å². The zero-order valence-electron chi connectivity index (χ0n) is 22.1. The summed E-state index contributed by atoms with van der Waals surface area (Å²) in [6.07, 6.45) is -0.471.